The van der Waals surface area contributed by atoms with Crippen LogP contribution in [-0.4, -0.2) is 36.8 Å². The molecule has 0 aromatic heterocycles. The average Bonchev–Trinajstić information content (AvgIpc) is 3.36. The molecule has 2 amide bonds. The van der Waals surface area contributed by atoms with E-state index >= 15 is 0 Å². The lowest BCUT2D eigenvalue weighted by atomic mass is 9.86. The van der Waals surface area contributed by atoms with Crippen molar-refractivity contribution in [3.63, 3.8) is 0 Å². The van der Waals surface area contributed by atoms with E-state index in [1.807, 2.05) is 29.2 Å². The standard InChI is InChI=1S/C28H20BrClN2O4/c1-36-20-10-8-19(9-11-20)31-27(34)23-22-12-4-16-14-18(30)7-13-21(16)32(22)25(24(23)28(31)35)26(33)15-2-5-17(29)6-3-15/h2-14,22-25H,1H3/t22-,23-,24-,25-/m0/s1. The molecular weight excluding hydrogens is 544 g/mol. The number of halogens is 2. The van der Waals surface area contributed by atoms with Crippen molar-refractivity contribution in [3.05, 3.63) is 93.4 Å². The zero-order chi connectivity index (χ0) is 25.1. The number of hydrogen-bond acceptors (Lipinski definition) is 5. The molecule has 180 valence electrons. The Bertz CT molecular complexity index is 1440. The third-order valence-corrected chi connectivity index (χ3v) is 7.96. The van der Waals surface area contributed by atoms with Crippen LogP contribution in [0.5, 0.6) is 5.75 Å². The molecule has 36 heavy (non-hydrogen) atoms. The Morgan fingerprint density at radius 2 is 1.64 bits per heavy atom. The van der Waals surface area contributed by atoms with Gasteiger partial charge in [-0.1, -0.05) is 51.8 Å². The van der Waals surface area contributed by atoms with Crippen LogP contribution >= 0.6 is 27.5 Å². The molecule has 0 spiro atoms. The molecule has 0 aliphatic carbocycles. The number of methoxy groups -OCH3 is 1. The Hall–Kier alpha value is -3.42. The van der Waals surface area contributed by atoms with Gasteiger partial charge in [-0.15, -0.1) is 0 Å². The second kappa shape index (κ2) is 8.61. The third-order valence-electron chi connectivity index (χ3n) is 7.20. The lowest BCUT2D eigenvalue weighted by Gasteiger charge is -2.36. The highest BCUT2D eigenvalue weighted by Gasteiger charge is 2.64. The van der Waals surface area contributed by atoms with Gasteiger partial charge in [0.15, 0.2) is 5.78 Å². The summed E-state index contributed by atoms with van der Waals surface area (Å²) in [5, 5.41) is 0.574. The molecule has 0 saturated carbocycles. The quantitative estimate of drug-likeness (QED) is 0.315. The molecule has 8 heteroatoms. The number of rotatable bonds is 4. The summed E-state index contributed by atoms with van der Waals surface area (Å²) in [7, 11) is 1.55. The second-order valence-corrected chi connectivity index (χ2v) is 10.4. The normalized spacial score (nSPS) is 24.0. The van der Waals surface area contributed by atoms with E-state index in [2.05, 4.69) is 15.9 Å². The van der Waals surface area contributed by atoms with Gasteiger partial charge in [0.05, 0.1) is 30.7 Å². The SMILES string of the molecule is COc1ccc(N2C(=O)[C@@H]3[C@H](C2=O)[C@@H](C(=O)c2ccc(Br)cc2)N2c4ccc(Cl)cc4C=C[C@@H]32)cc1. The predicted molar refractivity (Wildman–Crippen MR) is 141 cm³/mol. The maximum absolute atomic E-state index is 14.0. The van der Waals surface area contributed by atoms with E-state index in [1.54, 1.807) is 61.7 Å². The summed E-state index contributed by atoms with van der Waals surface area (Å²) in [6.45, 7) is 0. The molecule has 3 aliphatic rings. The zero-order valence-corrected chi connectivity index (χ0v) is 21.4. The molecule has 0 unspecified atom stereocenters. The molecule has 3 aromatic rings. The summed E-state index contributed by atoms with van der Waals surface area (Å²) in [6.07, 6.45) is 3.83. The Morgan fingerprint density at radius 3 is 2.33 bits per heavy atom. The van der Waals surface area contributed by atoms with Crippen LogP contribution in [-0.2, 0) is 9.59 Å². The van der Waals surface area contributed by atoms with E-state index in [-0.39, 0.29) is 17.6 Å². The van der Waals surface area contributed by atoms with Gasteiger partial charge in [-0.2, -0.15) is 0 Å². The first-order valence-electron chi connectivity index (χ1n) is 11.5. The number of hydrogen-bond donors (Lipinski definition) is 0. The first-order valence-corrected chi connectivity index (χ1v) is 12.6. The summed E-state index contributed by atoms with van der Waals surface area (Å²) >= 11 is 9.64. The predicted octanol–water partition coefficient (Wildman–Crippen LogP) is 5.38. The molecule has 3 aliphatic heterocycles. The van der Waals surface area contributed by atoms with Gasteiger partial charge in [-0.05, 0) is 60.2 Å². The van der Waals surface area contributed by atoms with Gasteiger partial charge >= 0.3 is 0 Å². The minimum atomic E-state index is -0.842. The number of carbonyl (C=O) groups excluding carboxylic acids is 3. The van der Waals surface area contributed by atoms with Crippen molar-refractivity contribution >= 4 is 62.6 Å². The van der Waals surface area contributed by atoms with Crippen molar-refractivity contribution in [2.24, 2.45) is 11.8 Å². The first-order chi connectivity index (χ1) is 17.4. The highest BCUT2D eigenvalue weighted by atomic mass is 79.9. The van der Waals surface area contributed by atoms with E-state index in [1.165, 1.54) is 4.90 Å². The van der Waals surface area contributed by atoms with Gasteiger partial charge in [0, 0.05) is 20.7 Å². The number of carbonyl (C=O) groups is 3. The minimum absolute atomic E-state index is 0.200. The Morgan fingerprint density at radius 1 is 0.944 bits per heavy atom. The summed E-state index contributed by atoms with van der Waals surface area (Å²) in [5.74, 6) is -1.77. The van der Waals surface area contributed by atoms with Crippen LogP contribution in [0.15, 0.2) is 77.3 Å². The molecule has 2 fully saturated rings. The molecule has 0 N–H and O–H groups in total. The third kappa shape index (κ3) is 3.41. The molecule has 6 rings (SSSR count). The zero-order valence-electron chi connectivity index (χ0n) is 19.1. The van der Waals surface area contributed by atoms with Crippen LogP contribution in [0.1, 0.15) is 15.9 Å². The number of imide groups is 1. The van der Waals surface area contributed by atoms with Crippen molar-refractivity contribution in [2.45, 2.75) is 12.1 Å². The lowest BCUT2D eigenvalue weighted by Crippen LogP contribution is -2.48. The maximum atomic E-state index is 14.0. The van der Waals surface area contributed by atoms with Gasteiger partial charge in [-0.3, -0.25) is 14.4 Å². The number of nitrogens with zero attached hydrogens (tertiary/aromatic N) is 2. The number of ketones is 1. The van der Waals surface area contributed by atoms with Gasteiger partial charge in [0.2, 0.25) is 11.8 Å². The van der Waals surface area contributed by atoms with Crippen LogP contribution in [0.25, 0.3) is 6.08 Å². The largest absolute Gasteiger partial charge is 0.497 e. The van der Waals surface area contributed by atoms with Crippen molar-refractivity contribution in [3.8, 4) is 5.75 Å². The van der Waals surface area contributed by atoms with E-state index < -0.39 is 23.9 Å². The summed E-state index contributed by atoms with van der Waals surface area (Å²) < 4.78 is 6.06. The highest BCUT2D eigenvalue weighted by Crippen LogP contribution is 2.50. The molecule has 0 radical (unpaired) electrons. The lowest BCUT2D eigenvalue weighted by molar-refractivity contribution is -0.122. The highest BCUT2D eigenvalue weighted by molar-refractivity contribution is 9.10. The number of ether oxygens (including phenoxy) is 1. The number of Topliss-reactive ketones (excluding diaryl/α,β-unsaturated/α-hetero) is 1. The van der Waals surface area contributed by atoms with E-state index in [4.69, 9.17) is 16.3 Å². The van der Waals surface area contributed by atoms with Crippen LogP contribution in [0.3, 0.4) is 0 Å². The summed E-state index contributed by atoms with van der Waals surface area (Å²) in [4.78, 5) is 44.9. The number of benzene rings is 3. The maximum Gasteiger partial charge on any atom is 0.240 e. The summed E-state index contributed by atoms with van der Waals surface area (Å²) in [6, 6.07) is 18.0. The molecule has 2 saturated heterocycles. The Kier molecular flexibility index (Phi) is 5.50. The fraction of sp³-hybridized carbons (Fsp3) is 0.179. The fourth-order valence-electron chi connectivity index (χ4n) is 5.61. The van der Waals surface area contributed by atoms with Crippen LogP contribution < -0.4 is 14.5 Å². The second-order valence-electron chi connectivity index (χ2n) is 9.04. The van der Waals surface area contributed by atoms with Crippen LogP contribution in [0, 0.1) is 11.8 Å². The van der Waals surface area contributed by atoms with Gasteiger partial charge < -0.3 is 9.64 Å². The van der Waals surface area contributed by atoms with E-state index in [0.29, 0.717) is 22.0 Å². The number of anilines is 2. The number of fused-ring (bicyclic) bond motifs is 5. The summed E-state index contributed by atoms with van der Waals surface area (Å²) in [5.41, 5.74) is 2.58. The smallest absolute Gasteiger partial charge is 0.240 e. The fourth-order valence-corrected chi connectivity index (χ4v) is 6.06. The van der Waals surface area contributed by atoms with E-state index in [9.17, 15) is 14.4 Å². The van der Waals surface area contributed by atoms with Crippen molar-refractivity contribution < 1.29 is 19.1 Å². The Labute approximate surface area is 221 Å². The topological polar surface area (TPSA) is 66.9 Å². The molecule has 6 nitrogen and oxygen atoms in total. The van der Waals surface area contributed by atoms with Gasteiger partial charge in [-0.25, -0.2) is 4.90 Å². The van der Waals surface area contributed by atoms with Crippen molar-refractivity contribution in [1.82, 2.24) is 0 Å². The van der Waals surface area contributed by atoms with Gasteiger partial charge in [0.25, 0.3) is 0 Å². The Balaban J connectivity index is 1.47. The van der Waals surface area contributed by atoms with Gasteiger partial charge in [0.1, 0.15) is 11.8 Å². The minimum Gasteiger partial charge on any atom is -0.497 e. The van der Waals surface area contributed by atoms with Crippen molar-refractivity contribution in [2.75, 3.05) is 16.9 Å². The average molecular weight is 564 g/mol. The first kappa shape index (κ1) is 23.0. The molecule has 0 bridgehead atoms. The van der Waals surface area contributed by atoms with Crippen LogP contribution in [0.2, 0.25) is 5.02 Å². The molecule has 3 heterocycles. The molecular formula is C28H20BrClN2O4. The van der Waals surface area contributed by atoms with Crippen LogP contribution in [0.4, 0.5) is 11.4 Å². The molecule has 4 atom stereocenters. The number of amides is 2. The monoisotopic (exact) mass is 562 g/mol. The molecule has 3 aromatic carbocycles. The van der Waals surface area contributed by atoms with E-state index in [0.717, 1.165) is 15.7 Å². The van der Waals surface area contributed by atoms with Crippen molar-refractivity contribution in [1.29, 1.82) is 0 Å².